The first-order chi connectivity index (χ1) is 7.90. The molecule has 3 nitrogen and oxygen atoms in total. The summed E-state index contributed by atoms with van der Waals surface area (Å²) in [5.74, 6) is 0.318. The van der Waals surface area contributed by atoms with Crippen LogP contribution >= 0.6 is 11.6 Å². The molecular formula is C13H20ClNO2. The van der Waals surface area contributed by atoms with E-state index in [1.54, 1.807) is 20.0 Å². The maximum absolute atomic E-state index is 10.2. The van der Waals surface area contributed by atoms with Crippen LogP contribution in [0.1, 0.15) is 42.6 Å². The van der Waals surface area contributed by atoms with Gasteiger partial charge in [-0.2, -0.15) is 0 Å². The van der Waals surface area contributed by atoms with Crippen LogP contribution in [0, 0.1) is 6.92 Å². The van der Waals surface area contributed by atoms with Crippen LogP contribution in [-0.4, -0.2) is 23.8 Å². The highest BCUT2D eigenvalue weighted by atomic mass is 35.5. The van der Waals surface area contributed by atoms with Crippen molar-refractivity contribution in [2.24, 2.45) is 0 Å². The monoisotopic (exact) mass is 257 g/mol. The third-order valence-electron chi connectivity index (χ3n) is 2.93. The summed E-state index contributed by atoms with van der Waals surface area (Å²) in [5, 5.41) is 23.7. The normalized spacial score (nSPS) is 13.1. The number of aromatic hydroxyl groups is 1. The highest BCUT2D eigenvalue weighted by Crippen LogP contribution is 2.38. The molecule has 0 saturated carbocycles. The molecule has 0 aliphatic heterocycles. The molecule has 1 rings (SSSR count). The van der Waals surface area contributed by atoms with Crippen LogP contribution < -0.4 is 5.32 Å². The third kappa shape index (κ3) is 2.92. The van der Waals surface area contributed by atoms with E-state index < -0.39 is 6.10 Å². The highest BCUT2D eigenvalue weighted by molar-refractivity contribution is 6.31. The molecule has 3 N–H and O–H groups in total. The molecule has 0 radical (unpaired) electrons. The van der Waals surface area contributed by atoms with Gasteiger partial charge in [-0.25, -0.2) is 0 Å². The lowest BCUT2D eigenvalue weighted by Gasteiger charge is -2.20. The molecule has 0 heterocycles. The Kier molecular flexibility index (Phi) is 4.80. The van der Waals surface area contributed by atoms with Gasteiger partial charge < -0.3 is 15.5 Å². The van der Waals surface area contributed by atoms with Gasteiger partial charge in [0.1, 0.15) is 5.75 Å². The fraction of sp³-hybridized carbons (Fsp3) is 0.538. The summed E-state index contributed by atoms with van der Waals surface area (Å²) in [4.78, 5) is 0. The van der Waals surface area contributed by atoms with Crippen LogP contribution in [-0.2, 0) is 0 Å². The molecule has 1 atom stereocenters. The Morgan fingerprint density at radius 1 is 1.41 bits per heavy atom. The maximum Gasteiger partial charge on any atom is 0.125 e. The molecule has 0 spiro atoms. The molecule has 0 aliphatic rings. The Bertz CT molecular complexity index is 405. The van der Waals surface area contributed by atoms with Gasteiger partial charge in [0.05, 0.1) is 6.10 Å². The second kappa shape index (κ2) is 5.71. The van der Waals surface area contributed by atoms with Crippen molar-refractivity contribution < 1.29 is 10.2 Å². The number of phenols is 1. The molecule has 1 aromatic carbocycles. The van der Waals surface area contributed by atoms with E-state index in [4.69, 9.17) is 11.6 Å². The minimum atomic E-state index is -0.754. The Morgan fingerprint density at radius 3 is 2.47 bits per heavy atom. The van der Waals surface area contributed by atoms with Crippen LogP contribution in [0.4, 0.5) is 0 Å². The lowest BCUT2D eigenvalue weighted by molar-refractivity contribution is 0.173. The van der Waals surface area contributed by atoms with Gasteiger partial charge in [0.2, 0.25) is 0 Å². The van der Waals surface area contributed by atoms with Crippen molar-refractivity contribution in [3.05, 3.63) is 27.8 Å². The summed E-state index contributed by atoms with van der Waals surface area (Å²) in [7, 11) is 1.75. The Hall–Kier alpha value is -0.770. The average molecular weight is 258 g/mol. The topological polar surface area (TPSA) is 52.5 Å². The smallest absolute Gasteiger partial charge is 0.125 e. The molecular weight excluding hydrogens is 238 g/mol. The zero-order valence-corrected chi connectivity index (χ0v) is 11.5. The van der Waals surface area contributed by atoms with Gasteiger partial charge in [-0.3, -0.25) is 0 Å². The van der Waals surface area contributed by atoms with Crippen molar-refractivity contribution in [1.82, 2.24) is 5.32 Å². The number of aliphatic hydroxyl groups excluding tert-OH is 1. The van der Waals surface area contributed by atoms with E-state index in [9.17, 15) is 10.2 Å². The van der Waals surface area contributed by atoms with Gasteiger partial charge in [-0.1, -0.05) is 25.4 Å². The summed E-state index contributed by atoms with van der Waals surface area (Å²) < 4.78 is 0. The molecule has 0 aromatic heterocycles. The van der Waals surface area contributed by atoms with E-state index in [2.05, 4.69) is 5.32 Å². The lowest BCUT2D eigenvalue weighted by Crippen LogP contribution is -2.18. The van der Waals surface area contributed by atoms with Gasteiger partial charge >= 0.3 is 0 Å². The van der Waals surface area contributed by atoms with Crippen molar-refractivity contribution in [1.29, 1.82) is 0 Å². The fourth-order valence-corrected chi connectivity index (χ4v) is 2.14. The predicted molar refractivity (Wildman–Crippen MR) is 70.8 cm³/mol. The molecule has 4 heteroatoms. The highest BCUT2D eigenvalue weighted by Gasteiger charge is 2.21. The SMILES string of the molecule is CNCC(O)c1c(C)c(Cl)cc(C(C)C)c1O. The molecule has 17 heavy (non-hydrogen) atoms. The quantitative estimate of drug-likeness (QED) is 0.777. The summed E-state index contributed by atoms with van der Waals surface area (Å²) in [6, 6.07) is 1.77. The molecule has 96 valence electrons. The second-order valence-electron chi connectivity index (χ2n) is 4.56. The van der Waals surface area contributed by atoms with Crippen LogP contribution in [0.5, 0.6) is 5.75 Å². The van der Waals surface area contributed by atoms with Gasteiger partial charge in [0, 0.05) is 17.1 Å². The molecule has 0 fully saturated rings. The number of aliphatic hydroxyl groups is 1. The van der Waals surface area contributed by atoms with Crippen LogP contribution in [0.2, 0.25) is 5.02 Å². The predicted octanol–water partition coefficient (Wildman–Crippen LogP) is 2.73. The molecule has 1 unspecified atom stereocenters. The number of nitrogens with one attached hydrogen (secondary N) is 1. The number of likely N-dealkylation sites (N-methyl/N-ethyl adjacent to an activating group) is 1. The molecule has 0 bridgehead atoms. The second-order valence-corrected chi connectivity index (χ2v) is 4.97. The third-order valence-corrected chi connectivity index (χ3v) is 3.32. The van der Waals surface area contributed by atoms with E-state index in [1.165, 1.54) is 0 Å². The van der Waals surface area contributed by atoms with Gasteiger partial charge in [-0.15, -0.1) is 0 Å². The first kappa shape index (κ1) is 14.3. The first-order valence-electron chi connectivity index (χ1n) is 5.74. The Morgan fingerprint density at radius 2 is 2.00 bits per heavy atom. The van der Waals surface area contributed by atoms with Crippen LogP contribution in [0.25, 0.3) is 0 Å². The number of rotatable bonds is 4. The van der Waals surface area contributed by atoms with Crippen molar-refractivity contribution >= 4 is 11.6 Å². The molecule has 1 aromatic rings. The standard InChI is InChI=1S/C13H20ClNO2/c1-7(2)9-5-10(14)8(3)12(13(9)17)11(16)6-15-4/h5,7,11,15-17H,6H2,1-4H3. The van der Waals surface area contributed by atoms with E-state index in [-0.39, 0.29) is 11.7 Å². The van der Waals surface area contributed by atoms with E-state index in [0.717, 1.165) is 11.1 Å². The average Bonchev–Trinajstić information content (AvgIpc) is 2.23. The molecule has 0 saturated heterocycles. The summed E-state index contributed by atoms with van der Waals surface area (Å²) in [6.45, 7) is 6.15. The minimum absolute atomic E-state index is 0.157. The van der Waals surface area contributed by atoms with Gasteiger partial charge in [0.15, 0.2) is 0 Å². The Labute approximate surface area is 107 Å². The van der Waals surface area contributed by atoms with E-state index in [1.807, 2.05) is 13.8 Å². The zero-order chi connectivity index (χ0) is 13.2. The molecule has 0 amide bonds. The van der Waals surface area contributed by atoms with Crippen molar-refractivity contribution in [3.63, 3.8) is 0 Å². The summed E-state index contributed by atoms with van der Waals surface area (Å²) in [6.07, 6.45) is -0.754. The van der Waals surface area contributed by atoms with E-state index in [0.29, 0.717) is 17.1 Å². The fourth-order valence-electron chi connectivity index (χ4n) is 1.92. The number of hydrogen-bond acceptors (Lipinski definition) is 3. The minimum Gasteiger partial charge on any atom is -0.507 e. The number of phenolic OH excluding ortho intramolecular Hbond substituents is 1. The van der Waals surface area contributed by atoms with Gasteiger partial charge in [0.25, 0.3) is 0 Å². The largest absolute Gasteiger partial charge is 0.507 e. The van der Waals surface area contributed by atoms with E-state index >= 15 is 0 Å². The number of hydrogen-bond donors (Lipinski definition) is 3. The zero-order valence-electron chi connectivity index (χ0n) is 10.7. The Balaban J connectivity index is 3.36. The summed E-state index contributed by atoms with van der Waals surface area (Å²) >= 11 is 6.14. The van der Waals surface area contributed by atoms with Crippen molar-refractivity contribution in [2.75, 3.05) is 13.6 Å². The first-order valence-corrected chi connectivity index (χ1v) is 6.12. The van der Waals surface area contributed by atoms with Gasteiger partial charge in [-0.05, 0) is 37.1 Å². The van der Waals surface area contributed by atoms with Crippen molar-refractivity contribution in [2.45, 2.75) is 32.8 Å². The number of halogens is 1. The van der Waals surface area contributed by atoms with Crippen LogP contribution in [0.3, 0.4) is 0 Å². The maximum atomic E-state index is 10.2. The number of benzene rings is 1. The van der Waals surface area contributed by atoms with Crippen LogP contribution in [0.15, 0.2) is 6.07 Å². The van der Waals surface area contributed by atoms with Crippen molar-refractivity contribution in [3.8, 4) is 5.75 Å². The molecule has 0 aliphatic carbocycles. The lowest BCUT2D eigenvalue weighted by atomic mass is 9.93. The summed E-state index contributed by atoms with van der Waals surface area (Å²) in [5.41, 5.74) is 2.03.